The highest BCUT2D eigenvalue weighted by Crippen LogP contribution is 2.18. The van der Waals surface area contributed by atoms with Gasteiger partial charge in [-0.3, -0.25) is 0 Å². The van der Waals surface area contributed by atoms with Gasteiger partial charge in [0.05, 0.1) is 0 Å². The van der Waals surface area contributed by atoms with Crippen molar-refractivity contribution in [1.29, 1.82) is 0 Å². The Labute approximate surface area is 80.4 Å². The third kappa shape index (κ3) is 3.36. The Balaban J connectivity index is 2.78. The zero-order valence-electron chi connectivity index (χ0n) is 8.81. The van der Waals surface area contributed by atoms with Crippen LogP contribution in [0.1, 0.15) is 20.8 Å². The molecule has 0 radical (unpaired) electrons. The minimum atomic E-state index is 0.117. The molecule has 1 rings (SSSR count). The first-order chi connectivity index (χ1) is 6.01. The summed E-state index contributed by atoms with van der Waals surface area (Å²) in [7, 11) is 1.93. The molecule has 0 atom stereocenters. The Morgan fingerprint density at radius 1 is 1.08 bits per heavy atom. The molecule has 0 aliphatic carbocycles. The number of rotatable bonds is 2. The highest BCUT2D eigenvalue weighted by Gasteiger charge is 2.08. The van der Waals surface area contributed by atoms with Crippen molar-refractivity contribution in [2.75, 3.05) is 17.7 Å². The second kappa shape index (κ2) is 3.69. The van der Waals surface area contributed by atoms with Gasteiger partial charge in [0.1, 0.15) is 0 Å². The molecule has 2 heteroatoms. The lowest BCUT2D eigenvalue weighted by atomic mass is 10.1. The second-order valence-electron chi connectivity index (χ2n) is 4.21. The van der Waals surface area contributed by atoms with Crippen LogP contribution in [0.5, 0.6) is 0 Å². The molecule has 2 nitrogen and oxygen atoms in total. The molecule has 0 unspecified atom stereocenters. The van der Waals surface area contributed by atoms with Gasteiger partial charge in [-0.1, -0.05) is 6.07 Å². The first-order valence-electron chi connectivity index (χ1n) is 4.57. The van der Waals surface area contributed by atoms with Gasteiger partial charge < -0.3 is 10.6 Å². The van der Waals surface area contributed by atoms with Crippen molar-refractivity contribution in [3.63, 3.8) is 0 Å². The van der Waals surface area contributed by atoms with Gasteiger partial charge in [0.25, 0.3) is 0 Å². The van der Waals surface area contributed by atoms with Gasteiger partial charge in [0, 0.05) is 24.0 Å². The molecule has 13 heavy (non-hydrogen) atoms. The van der Waals surface area contributed by atoms with Crippen LogP contribution in [0.15, 0.2) is 24.3 Å². The Kier molecular flexibility index (Phi) is 2.81. The highest BCUT2D eigenvalue weighted by atomic mass is 15.0. The minimum Gasteiger partial charge on any atom is -0.388 e. The molecule has 1 aromatic rings. The average Bonchev–Trinajstić information content (AvgIpc) is 2.01. The van der Waals surface area contributed by atoms with Crippen LogP contribution in [-0.2, 0) is 0 Å². The molecule has 0 aromatic heterocycles. The fourth-order valence-corrected chi connectivity index (χ4v) is 1.19. The molecular formula is C11H18N2. The molecule has 0 aliphatic heterocycles. The highest BCUT2D eigenvalue weighted by molar-refractivity contribution is 5.57. The van der Waals surface area contributed by atoms with E-state index < -0.39 is 0 Å². The molecule has 72 valence electrons. The van der Waals surface area contributed by atoms with Gasteiger partial charge in [-0.15, -0.1) is 0 Å². The van der Waals surface area contributed by atoms with E-state index in [-0.39, 0.29) is 5.54 Å². The topological polar surface area (TPSA) is 24.1 Å². The SMILES string of the molecule is CNc1cccc(NC(C)(C)C)c1. The summed E-state index contributed by atoms with van der Waals surface area (Å²) in [6.45, 7) is 6.46. The van der Waals surface area contributed by atoms with Crippen molar-refractivity contribution >= 4 is 11.4 Å². The number of anilines is 2. The normalized spacial score (nSPS) is 11.1. The van der Waals surface area contributed by atoms with E-state index in [4.69, 9.17) is 0 Å². The molecule has 2 N–H and O–H groups in total. The summed E-state index contributed by atoms with van der Waals surface area (Å²) < 4.78 is 0. The van der Waals surface area contributed by atoms with E-state index >= 15 is 0 Å². The average molecular weight is 178 g/mol. The smallest absolute Gasteiger partial charge is 0.0364 e. The van der Waals surface area contributed by atoms with E-state index in [1.54, 1.807) is 0 Å². The molecule has 0 aliphatic rings. The summed E-state index contributed by atoms with van der Waals surface area (Å²) in [5, 5.41) is 6.53. The van der Waals surface area contributed by atoms with Crippen LogP contribution in [0.25, 0.3) is 0 Å². The fraction of sp³-hybridized carbons (Fsp3) is 0.455. The van der Waals surface area contributed by atoms with Gasteiger partial charge >= 0.3 is 0 Å². The molecule has 0 heterocycles. The first-order valence-corrected chi connectivity index (χ1v) is 4.57. The van der Waals surface area contributed by atoms with Gasteiger partial charge in [-0.25, -0.2) is 0 Å². The zero-order chi connectivity index (χ0) is 9.90. The molecule has 0 saturated heterocycles. The summed E-state index contributed by atoms with van der Waals surface area (Å²) in [6, 6.07) is 8.27. The lowest BCUT2D eigenvalue weighted by Crippen LogP contribution is -2.25. The van der Waals surface area contributed by atoms with Crippen LogP contribution in [0.3, 0.4) is 0 Å². The standard InChI is InChI=1S/C11H18N2/c1-11(2,3)13-10-7-5-6-9(8-10)12-4/h5-8,12-13H,1-4H3. The van der Waals surface area contributed by atoms with Crippen molar-refractivity contribution in [1.82, 2.24) is 0 Å². The summed E-state index contributed by atoms with van der Waals surface area (Å²) in [4.78, 5) is 0. The van der Waals surface area contributed by atoms with E-state index in [1.807, 2.05) is 19.2 Å². The largest absolute Gasteiger partial charge is 0.388 e. The number of nitrogens with one attached hydrogen (secondary N) is 2. The predicted molar refractivity (Wildman–Crippen MR) is 59.4 cm³/mol. The summed E-state index contributed by atoms with van der Waals surface area (Å²) in [6.07, 6.45) is 0. The molecule has 0 saturated carbocycles. The van der Waals surface area contributed by atoms with Crippen LogP contribution < -0.4 is 10.6 Å². The molecule has 1 aromatic carbocycles. The van der Waals surface area contributed by atoms with Gasteiger partial charge in [-0.2, -0.15) is 0 Å². The van der Waals surface area contributed by atoms with Crippen LogP contribution in [-0.4, -0.2) is 12.6 Å². The lowest BCUT2D eigenvalue weighted by Gasteiger charge is -2.22. The van der Waals surface area contributed by atoms with Gasteiger partial charge in [0.15, 0.2) is 0 Å². The maximum absolute atomic E-state index is 3.42. The molecule has 0 amide bonds. The Morgan fingerprint density at radius 2 is 1.69 bits per heavy atom. The van der Waals surface area contributed by atoms with Crippen molar-refractivity contribution in [3.8, 4) is 0 Å². The molecule has 0 fully saturated rings. The maximum atomic E-state index is 3.42. The summed E-state index contributed by atoms with van der Waals surface area (Å²) in [5.74, 6) is 0. The summed E-state index contributed by atoms with van der Waals surface area (Å²) in [5.41, 5.74) is 2.40. The molecule has 0 spiro atoms. The van der Waals surface area contributed by atoms with Crippen molar-refractivity contribution in [2.24, 2.45) is 0 Å². The minimum absolute atomic E-state index is 0.117. The Bertz CT molecular complexity index is 274. The quantitative estimate of drug-likeness (QED) is 0.727. The second-order valence-corrected chi connectivity index (χ2v) is 4.21. The summed E-state index contributed by atoms with van der Waals surface area (Å²) >= 11 is 0. The van der Waals surface area contributed by atoms with E-state index in [0.29, 0.717) is 0 Å². The fourth-order valence-electron chi connectivity index (χ4n) is 1.19. The van der Waals surface area contributed by atoms with E-state index in [1.165, 1.54) is 0 Å². The maximum Gasteiger partial charge on any atom is 0.0364 e. The number of hydrogen-bond acceptors (Lipinski definition) is 2. The number of hydrogen-bond donors (Lipinski definition) is 2. The van der Waals surface area contributed by atoms with E-state index in [0.717, 1.165) is 11.4 Å². The van der Waals surface area contributed by atoms with E-state index in [9.17, 15) is 0 Å². The van der Waals surface area contributed by atoms with Crippen LogP contribution in [0.2, 0.25) is 0 Å². The predicted octanol–water partition coefficient (Wildman–Crippen LogP) is 2.94. The monoisotopic (exact) mass is 178 g/mol. The van der Waals surface area contributed by atoms with Gasteiger partial charge in [0.2, 0.25) is 0 Å². The van der Waals surface area contributed by atoms with Crippen LogP contribution in [0, 0.1) is 0 Å². The molecule has 0 bridgehead atoms. The lowest BCUT2D eigenvalue weighted by molar-refractivity contribution is 0.634. The Morgan fingerprint density at radius 3 is 2.23 bits per heavy atom. The van der Waals surface area contributed by atoms with Crippen molar-refractivity contribution < 1.29 is 0 Å². The molecular weight excluding hydrogens is 160 g/mol. The van der Waals surface area contributed by atoms with Crippen LogP contribution in [0.4, 0.5) is 11.4 Å². The van der Waals surface area contributed by atoms with Crippen LogP contribution >= 0.6 is 0 Å². The first kappa shape index (κ1) is 9.90. The Hall–Kier alpha value is -1.18. The van der Waals surface area contributed by atoms with E-state index in [2.05, 4.69) is 43.5 Å². The number of benzene rings is 1. The van der Waals surface area contributed by atoms with Crippen molar-refractivity contribution in [3.05, 3.63) is 24.3 Å². The van der Waals surface area contributed by atoms with Gasteiger partial charge in [-0.05, 0) is 39.0 Å². The zero-order valence-corrected chi connectivity index (χ0v) is 8.81. The third-order valence-corrected chi connectivity index (χ3v) is 1.67. The third-order valence-electron chi connectivity index (χ3n) is 1.67. The van der Waals surface area contributed by atoms with Crippen molar-refractivity contribution in [2.45, 2.75) is 26.3 Å².